The van der Waals surface area contributed by atoms with Crippen molar-refractivity contribution in [2.45, 2.75) is 0 Å². The third-order valence-corrected chi connectivity index (χ3v) is 2.96. The van der Waals surface area contributed by atoms with Crippen molar-refractivity contribution in [3.8, 4) is 0 Å². The maximum atomic E-state index is 12.1. The number of nitrogens with one attached hydrogen (secondary N) is 1. The Labute approximate surface area is 104 Å². The molecule has 7 nitrogen and oxygen atoms in total. The minimum Gasteiger partial charge on any atom is -0.394 e. The first-order valence-electron chi connectivity index (χ1n) is 5.58. The average molecular weight is 251 g/mol. The Morgan fingerprint density at radius 1 is 1.39 bits per heavy atom. The van der Waals surface area contributed by atoms with Gasteiger partial charge in [0.25, 0.3) is 11.7 Å². The molecule has 0 bridgehead atoms. The number of aliphatic hydroxyl groups excluding tert-OH is 1. The van der Waals surface area contributed by atoms with Gasteiger partial charge in [0.05, 0.1) is 32.1 Å². The van der Waals surface area contributed by atoms with Gasteiger partial charge >= 0.3 is 6.03 Å². The van der Waals surface area contributed by atoms with Crippen molar-refractivity contribution in [3.63, 3.8) is 0 Å². The van der Waals surface area contributed by atoms with Crippen LogP contribution in [0, 0.1) is 5.92 Å². The summed E-state index contributed by atoms with van der Waals surface area (Å²) in [4.78, 5) is 33.4. The molecule has 0 aromatic rings. The van der Waals surface area contributed by atoms with E-state index in [2.05, 4.69) is 9.98 Å². The Bertz CT molecular complexity index is 481. The van der Waals surface area contributed by atoms with Crippen molar-refractivity contribution in [3.05, 3.63) is 12.3 Å². The maximum absolute atomic E-state index is 12.1. The molecule has 2 aliphatic rings. The molecule has 7 heteroatoms. The Morgan fingerprint density at radius 3 is 2.78 bits per heavy atom. The predicted molar refractivity (Wildman–Crippen MR) is 63.9 cm³/mol. The van der Waals surface area contributed by atoms with Crippen LogP contribution >= 0.6 is 0 Å². The van der Waals surface area contributed by atoms with Crippen LogP contribution < -0.4 is 4.99 Å². The summed E-state index contributed by atoms with van der Waals surface area (Å²) in [7, 11) is 3.04. The van der Waals surface area contributed by atoms with Gasteiger partial charge in [-0.1, -0.05) is 0 Å². The second-order valence-electron chi connectivity index (χ2n) is 4.06. The van der Waals surface area contributed by atoms with Crippen LogP contribution in [0.15, 0.2) is 17.3 Å². The number of hydrogen-bond acceptors (Lipinski definition) is 4. The lowest BCUT2D eigenvalue weighted by Gasteiger charge is -2.31. The van der Waals surface area contributed by atoms with Gasteiger partial charge in [-0.3, -0.25) is 9.79 Å². The normalized spacial score (nSPS) is 25.6. The van der Waals surface area contributed by atoms with E-state index in [1.54, 1.807) is 19.3 Å². The third-order valence-electron chi connectivity index (χ3n) is 2.96. The molecule has 0 radical (unpaired) electrons. The highest BCUT2D eigenvalue weighted by Crippen LogP contribution is 2.17. The monoisotopic (exact) mass is 251 g/mol. The van der Waals surface area contributed by atoms with Gasteiger partial charge in [0, 0.05) is 7.05 Å². The Morgan fingerprint density at radius 2 is 2.11 bits per heavy atom. The summed E-state index contributed by atoms with van der Waals surface area (Å²) >= 11 is 0. The van der Waals surface area contributed by atoms with Crippen molar-refractivity contribution in [1.29, 1.82) is 0 Å². The number of allylic oxidation sites excluding steroid dienone is 1. The summed E-state index contributed by atoms with van der Waals surface area (Å²) in [5, 5.41) is 8.79. The minimum absolute atomic E-state index is 0.0778. The van der Waals surface area contributed by atoms with Gasteiger partial charge in [-0.2, -0.15) is 4.90 Å². The second kappa shape index (κ2) is 4.69. The number of carbonyl (C=O) groups is 2. The van der Waals surface area contributed by atoms with Crippen molar-refractivity contribution < 1.29 is 19.7 Å². The highest BCUT2D eigenvalue weighted by Gasteiger charge is 2.49. The largest absolute Gasteiger partial charge is 0.417 e. The molecule has 2 N–H and O–H groups in total. The molecule has 2 heterocycles. The van der Waals surface area contributed by atoms with Gasteiger partial charge < -0.3 is 5.11 Å². The molecule has 0 aromatic carbocycles. The van der Waals surface area contributed by atoms with Crippen LogP contribution in [0.2, 0.25) is 0 Å². The fourth-order valence-corrected chi connectivity index (χ4v) is 2.01. The fraction of sp³-hybridized carbons (Fsp3) is 0.455. The van der Waals surface area contributed by atoms with Gasteiger partial charge in [-0.15, -0.1) is 0 Å². The zero-order chi connectivity index (χ0) is 13.3. The van der Waals surface area contributed by atoms with E-state index in [4.69, 9.17) is 5.11 Å². The molecule has 0 spiro atoms. The summed E-state index contributed by atoms with van der Waals surface area (Å²) in [5.41, 5.74) is 0.550. The SMILES string of the molecule is CN1C(=O)C2C(=NCCO)C=C[NH+]=C2N(C)C1=O. The van der Waals surface area contributed by atoms with Crippen LogP contribution in [0.5, 0.6) is 0 Å². The number of aliphatic imine (C=N–C) groups is 1. The zero-order valence-electron chi connectivity index (χ0n) is 10.3. The molecule has 1 atom stereocenters. The highest BCUT2D eigenvalue weighted by atomic mass is 16.3. The van der Waals surface area contributed by atoms with Crippen molar-refractivity contribution in [1.82, 2.24) is 9.80 Å². The molecule has 2 aliphatic heterocycles. The first-order valence-corrected chi connectivity index (χ1v) is 5.58. The standard InChI is InChI=1S/C11H14N4O3/c1-14-9-8(10(17)15(2)11(14)18)7(3-4-13-9)12-5-6-16/h3-4,8,16H,5-6H2,1-2H3/p+1. The Kier molecular flexibility index (Phi) is 3.24. The van der Waals surface area contributed by atoms with Crippen LogP contribution in [0.4, 0.5) is 4.79 Å². The molecule has 1 saturated heterocycles. The van der Waals surface area contributed by atoms with Crippen LogP contribution in [0.25, 0.3) is 0 Å². The summed E-state index contributed by atoms with van der Waals surface area (Å²) in [6.45, 7) is 0.156. The fourth-order valence-electron chi connectivity index (χ4n) is 2.01. The lowest BCUT2D eigenvalue weighted by Crippen LogP contribution is -2.79. The van der Waals surface area contributed by atoms with Gasteiger partial charge in [0.15, 0.2) is 5.92 Å². The lowest BCUT2D eigenvalue weighted by molar-refractivity contribution is -0.382. The molecule has 18 heavy (non-hydrogen) atoms. The van der Waals surface area contributed by atoms with E-state index in [1.165, 1.54) is 11.9 Å². The molecule has 1 fully saturated rings. The predicted octanol–water partition coefficient (Wildman–Crippen LogP) is -2.43. The summed E-state index contributed by atoms with van der Waals surface area (Å²) in [5.74, 6) is -0.418. The number of fused-ring (bicyclic) bond motifs is 1. The number of amides is 3. The number of aliphatic hydroxyl groups is 1. The number of urea groups is 1. The van der Waals surface area contributed by atoms with Gasteiger partial charge in [0.2, 0.25) is 0 Å². The molecule has 0 aromatic heterocycles. The number of imide groups is 1. The van der Waals surface area contributed by atoms with Crippen molar-refractivity contribution >= 4 is 23.5 Å². The number of hydrogen-bond donors (Lipinski definition) is 2. The van der Waals surface area contributed by atoms with Gasteiger partial charge in [-0.05, 0) is 6.08 Å². The second-order valence-corrected chi connectivity index (χ2v) is 4.06. The molecule has 2 rings (SSSR count). The molecule has 3 amide bonds. The van der Waals surface area contributed by atoms with Gasteiger partial charge in [0.1, 0.15) is 0 Å². The number of carbonyl (C=O) groups excluding carboxylic acids is 2. The van der Waals surface area contributed by atoms with Crippen molar-refractivity contribution in [2.24, 2.45) is 10.9 Å². The molecule has 0 aliphatic carbocycles. The van der Waals surface area contributed by atoms with Crippen molar-refractivity contribution in [2.75, 3.05) is 27.2 Å². The van der Waals surface area contributed by atoms with E-state index in [9.17, 15) is 9.59 Å². The summed E-state index contributed by atoms with van der Waals surface area (Å²) in [6.07, 6.45) is 3.31. The molecule has 0 saturated carbocycles. The molecular formula is C11H15N4O3+. The zero-order valence-corrected chi connectivity index (χ0v) is 10.3. The van der Waals surface area contributed by atoms with E-state index >= 15 is 0 Å². The Hall–Kier alpha value is -2.02. The maximum Gasteiger partial charge on any atom is 0.417 e. The Balaban J connectivity index is 2.40. The first-order chi connectivity index (χ1) is 8.57. The smallest absolute Gasteiger partial charge is 0.394 e. The molecule has 1 unspecified atom stereocenters. The highest BCUT2D eigenvalue weighted by molar-refractivity contribution is 6.30. The van der Waals surface area contributed by atoms with Crippen LogP contribution in [0.1, 0.15) is 0 Å². The summed E-state index contributed by atoms with van der Waals surface area (Å²) < 4.78 is 0. The molecular weight excluding hydrogens is 236 g/mol. The van der Waals surface area contributed by atoms with E-state index in [0.717, 1.165) is 4.90 Å². The minimum atomic E-state index is -0.603. The van der Waals surface area contributed by atoms with Crippen LogP contribution in [-0.4, -0.2) is 65.6 Å². The number of amidine groups is 1. The van der Waals surface area contributed by atoms with Gasteiger partial charge in [-0.25, -0.2) is 14.7 Å². The number of rotatable bonds is 2. The van der Waals surface area contributed by atoms with E-state index in [0.29, 0.717) is 11.5 Å². The van der Waals surface area contributed by atoms with E-state index < -0.39 is 5.92 Å². The number of nitrogens with zero attached hydrogens (tertiary/aromatic N) is 3. The van der Waals surface area contributed by atoms with Crippen LogP contribution in [-0.2, 0) is 4.79 Å². The molecule has 96 valence electrons. The van der Waals surface area contributed by atoms with E-state index in [-0.39, 0.29) is 25.1 Å². The lowest BCUT2D eigenvalue weighted by atomic mass is 9.95. The van der Waals surface area contributed by atoms with E-state index in [1.807, 2.05) is 0 Å². The third kappa shape index (κ3) is 1.82. The van der Waals surface area contributed by atoms with Crippen LogP contribution in [0.3, 0.4) is 0 Å². The quantitative estimate of drug-likeness (QED) is 0.572. The first kappa shape index (κ1) is 12.4. The average Bonchev–Trinajstić information content (AvgIpc) is 2.40. The summed E-state index contributed by atoms with van der Waals surface area (Å²) in [6, 6.07) is -0.379. The topological polar surface area (TPSA) is 87.2 Å².